The molecule has 0 radical (unpaired) electrons. The predicted molar refractivity (Wildman–Crippen MR) is 110 cm³/mol. The molecule has 6 nitrogen and oxygen atoms in total. The van der Waals surface area contributed by atoms with Crippen molar-refractivity contribution >= 4 is 39.0 Å². The SMILES string of the molecule is COc1ccc(S(=O)(=O)N2CCC3(CC2)CC(=O)c2ccc(Cl)cc2O3)cc1Cl. The first kappa shape index (κ1) is 20.5. The molecule has 2 heterocycles. The van der Waals surface area contributed by atoms with Crippen LogP contribution in [0.2, 0.25) is 10.0 Å². The minimum atomic E-state index is -3.71. The lowest BCUT2D eigenvalue weighted by Gasteiger charge is -2.43. The Morgan fingerprint density at radius 1 is 1.10 bits per heavy atom. The van der Waals surface area contributed by atoms with Crippen molar-refractivity contribution < 1.29 is 22.7 Å². The Hall–Kier alpha value is -1.80. The number of sulfonamides is 1. The topological polar surface area (TPSA) is 72.9 Å². The minimum absolute atomic E-state index is 0.0128. The summed E-state index contributed by atoms with van der Waals surface area (Å²) < 4.78 is 38.7. The molecule has 2 aromatic rings. The van der Waals surface area contributed by atoms with E-state index in [0.29, 0.717) is 34.9 Å². The lowest BCUT2D eigenvalue weighted by Crippen LogP contribution is -2.52. The molecule has 0 N–H and O–H groups in total. The number of ketones is 1. The Kier molecular flexibility index (Phi) is 5.27. The Bertz CT molecular complexity index is 1080. The smallest absolute Gasteiger partial charge is 0.243 e. The van der Waals surface area contributed by atoms with Gasteiger partial charge in [0.1, 0.15) is 17.1 Å². The molecule has 9 heteroatoms. The number of methoxy groups -OCH3 is 1. The second-order valence-electron chi connectivity index (χ2n) is 7.23. The maximum Gasteiger partial charge on any atom is 0.243 e. The number of carbonyl (C=O) groups excluding carboxylic acids is 1. The third kappa shape index (κ3) is 3.72. The Balaban J connectivity index is 1.53. The van der Waals surface area contributed by atoms with Gasteiger partial charge in [-0.3, -0.25) is 4.79 Å². The van der Waals surface area contributed by atoms with Gasteiger partial charge in [0.05, 0.1) is 29.0 Å². The van der Waals surface area contributed by atoms with Crippen molar-refractivity contribution in [1.82, 2.24) is 4.31 Å². The summed E-state index contributed by atoms with van der Waals surface area (Å²) in [6.07, 6.45) is 1.05. The van der Waals surface area contributed by atoms with Gasteiger partial charge in [0.15, 0.2) is 5.78 Å². The number of nitrogens with zero attached hydrogens (tertiary/aromatic N) is 1. The quantitative estimate of drug-likeness (QED) is 0.693. The summed E-state index contributed by atoms with van der Waals surface area (Å²) in [5.41, 5.74) is -0.193. The molecule has 1 fully saturated rings. The highest BCUT2D eigenvalue weighted by atomic mass is 35.5. The molecule has 1 saturated heterocycles. The monoisotopic (exact) mass is 455 g/mol. The molecule has 0 amide bonds. The Morgan fingerprint density at radius 2 is 1.83 bits per heavy atom. The number of ether oxygens (including phenoxy) is 2. The maximum absolute atomic E-state index is 13.0. The number of piperidine rings is 1. The highest BCUT2D eigenvalue weighted by Gasteiger charge is 2.45. The van der Waals surface area contributed by atoms with Crippen molar-refractivity contribution in [2.45, 2.75) is 29.8 Å². The number of halogens is 2. The van der Waals surface area contributed by atoms with E-state index in [1.807, 2.05) is 0 Å². The van der Waals surface area contributed by atoms with Gasteiger partial charge in [-0.15, -0.1) is 0 Å². The van der Waals surface area contributed by atoms with E-state index in [1.165, 1.54) is 29.6 Å². The number of benzene rings is 2. The Labute approximate surface area is 179 Å². The van der Waals surface area contributed by atoms with Crippen LogP contribution in [0.25, 0.3) is 0 Å². The summed E-state index contributed by atoms with van der Waals surface area (Å²) in [5, 5.41) is 0.724. The summed E-state index contributed by atoms with van der Waals surface area (Å²) in [6, 6.07) is 9.36. The van der Waals surface area contributed by atoms with E-state index in [-0.39, 0.29) is 35.2 Å². The van der Waals surface area contributed by atoms with E-state index in [0.717, 1.165) is 0 Å². The zero-order chi connectivity index (χ0) is 20.8. The average molecular weight is 456 g/mol. The molecule has 2 aliphatic heterocycles. The maximum atomic E-state index is 13.0. The van der Waals surface area contributed by atoms with Crippen molar-refractivity contribution in [1.29, 1.82) is 0 Å². The largest absolute Gasteiger partial charge is 0.495 e. The summed E-state index contributed by atoms with van der Waals surface area (Å²) in [4.78, 5) is 12.7. The molecule has 154 valence electrons. The lowest BCUT2D eigenvalue weighted by molar-refractivity contribution is 0.00592. The molecule has 0 aliphatic carbocycles. The average Bonchev–Trinajstić information content (AvgIpc) is 2.67. The molecule has 0 bridgehead atoms. The number of hydrogen-bond donors (Lipinski definition) is 0. The van der Waals surface area contributed by atoms with Crippen LogP contribution in [0.4, 0.5) is 0 Å². The molecule has 0 aromatic heterocycles. The number of rotatable bonds is 3. The van der Waals surface area contributed by atoms with Gasteiger partial charge in [-0.2, -0.15) is 4.31 Å². The number of Topliss-reactive ketones (excluding diaryl/α,β-unsaturated/α-hetero) is 1. The highest BCUT2D eigenvalue weighted by molar-refractivity contribution is 7.89. The molecule has 0 saturated carbocycles. The van der Waals surface area contributed by atoms with E-state index in [9.17, 15) is 13.2 Å². The summed E-state index contributed by atoms with van der Waals surface area (Å²) in [5.74, 6) is 0.864. The van der Waals surface area contributed by atoms with E-state index in [2.05, 4.69) is 0 Å². The number of carbonyl (C=O) groups is 1. The molecular formula is C20H19Cl2NO5S. The van der Waals surface area contributed by atoms with Crippen LogP contribution in [0.3, 0.4) is 0 Å². The zero-order valence-electron chi connectivity index (χ0n) is 15.7. The fourth-order valence-corrected chi connectivity index (χ4v) is 5.79. The minimum Gasteiger partial charge on any atom is -0.495 e. The van der Waals surface area contributed by atoms with Gasteiger partial charge in [0.2, 0.25) is 10.0 Å². The molecule has 2 aromatic carbocycles. The molecule has 29 heavy (non-hydrogen) atoms. The van der Waals surface area contributed by atoms with Crippen LogP contribution in [0.1, 0.15) is 29.6 Å². The van der Waals surface area contributed by atoms with Gasteiger partial charge in [0, 0.05) is 31.0 Å². The van der Waals surface area contributed by atoms with Crippen molar-refractivity contribution in [2.75, 3.05) is 20.2 Å². The lowest BCUT2D eigenvalue weighted by atomic mass is 9.83. The normalized spacial score (nSPS) is 18.9. The summed E-state index contributed by atoms with van der Waals surface area (Å²) in [7, 11) is -2.25. The van der Waals surface area contributed by atoms with Crippen LogP contribution in [-0.2, 0) is 10.0 Å². The van der Waals surface area contributed by atoms with Crippen LogP contribution < -0.4 is 9.47 Å². The van der Waals surface area contributed by atoms with Crippen LogP contribution in [0.5, 0.6) is 11.5 Å². The van der Waals surface area contributed by atoms with Crippen LogP contribution in [-0.4, -0.2) is 44.3 Å². The first-order valence-corrected chi connectivity index (χ1v) is 11.3. The van der Waals surface area contributed by atoms with Crippen molar-refractivity contribution in [3.8, 4) is 11.5 Å². The second kappa shape index (κ2) is 7.47. The first-order chi connectivity index (χ1) is 13.7. The summed E-state index contributed by atoms with van der Waals surface area (Å²) in [6.45, 7) is 0.490. The van der Waals surface area contributed by atoms with Gasteiger partial charge in [-0.05, 0) is 36.4 Å². The van der Waals surface area contributed by atoms with Gasteiger partial charge in [0.25, 0.3) is 0 Å². The molecule has 0 unspecified atom stereocenters. The summed E-state index contributed by atoms with van der Waals surface area (Å²) >= 11 is 12.1. The van der Waals surface area contributed by atoms with Crippen LogP contribution in [0, 0.1) is 0 Å². The third-order valence-corrected chi connectivity index (χ3v) is 7.87. The zero-order valence-corrected chi connectivity index (χ0v) is 18.0. The van der Waals surface area contributed by atoms with Crippen molar-refractivity contribution in [3.05, 3.63) is 52.0 Å². The second-order valence-corrected chi connectivity index (χ2v) is 10.0. The number of hydrogen-bond acceptors (Lipinski definition) is 5. The molecule has 2 aliphatic rings. The predicted octanol–water partition coefficient (Wildman–Crippen LogP) is 4.19. The first-order valence-electron chi connectivity index (χ1n) is 9.10. The fourth-order valence-electron chi connectivity index (χ4n) is 3.84. The van der Waals surface area contributed by atoms with E-state index >= 15 is 0 Å². The molecule has 1 spiro atoms. The van der Waals surface area contributed by atoms with Gasteiger partial charge in [-0.25, -0.2) is 8.42 Å². The molecule has 0 atom stereocenters. The van der Waals surface area contributed by atoms with Crippen molar-refractivity contribution in [3.63, 3.8) is 0 Å². The van der Waals surface area contributed by atoms with Crippen LogP contribution >= 0.6 is 23.2 Å². The van der Waals surface area contributed by atoms with Gasteiger partial charge < -0.3 is 9.47 Å². The standard InChI is InChI=1S/C20H19Cl2NO5S/c1-27-18-5-3-14(11-16(18)22)29(25,26)23-8-6-20(7-9-23)12-17(24)15-4-2-13(21)10-19(15)28-20/h2-5,10-11H,6-9,12H2,1H3. The fraction of sp³-hybridized carbons (Fsp3) is 0.350. The Morgan fingerprint density at radius 3 is 2.48 bits per heavy atom. The van der Waals surface area contributed by atoms with E-state index < -0.39 is 15.6 Å². The van der Waals surface area contributed by atoms with Gasteiger partial charge in [-0.1, -0.05) is 23.2 Å². The number of fused-ring (bicyclic) bond motifs is 1. The molecular weight excluding hydrogens is 437 g/mol. The molecule has 4 rings (SSSR count). The van der Waals surface area contributed by atoms with Gasteiger partial charge >= 0.3 is 0 Å². The van der Waals surface area contributed by atoms with E-state index in [4.69, 9.17) is 32.7 Å². The third-order valence-electron chi connectivity index (χ3n) is 5.45. The van der Waals surface area contributed by atoms with Crippen molar-refractivity contribution in [2.24, 2.45) is 0 Å². The van der Waals surface area contributed by atoms with E-state index in [1.54, 1.807) is 18.2 Å². The van der Waals surface area contributed by atoms with Crippen LogP contribution in [0.15, 0.2) is 41.3 Å². The highest BCUT2D eigenvalue weighted by Crippen LogP contribution is 2.41.